The quantitative estimate of drug-likeness (QED) is 0.180. The standard InChI is InChI=1S/C45H28N4O/c1-2-12-29(13-3-1)43-46-44(31-21-22-33-30(26-31)19-18-27-10-4-6-14-32(27)33)48-45(47-43)49-37-24-25-39-41(35-16-8-9-17-38(35)50-39)40(37)36-23-20-28-11-5-7-15-34(28)42(36)49/h1-26,28,34H. The summed E-state index contributed by atoms with van der Waals surface area (Å²) in [6, 6.07) is 42.2. The fourth-order valence-electron chi connectivity index (χ4n) is 8.11. The Morgan fingerprint density at radius 3 is 2.22 bits per heavy atom. The van der Waals surface area contributed by atoms with E-state index < -0.39 is 0 Å². The second-order valence-electron chi connectivity index (χ2n) is 13.2. The van der Waals surface area contributed by atoms with Gasteiger partial charge in [0.25, 0.3) is 0 Å². The van der Waals surface area contributed by atoms with Crippen molar-refractivity contribution in [3.63, 3.8) is 0 Å². The number of hydrogen-bond donors (Lipinski definition) is 0. The minimum Gasteiger partial charge on any atom is -0.456 e. The molecule has 0 saturated carbocycles. The van der Waals surface area contributed by atoms with Gasteiger partial charge in [0.15, 0.2) is 11.6 Å². The molecule has 11 rings (SSSR count). The van der Waals surface area contributed by atoms with E-state index in [-0.39, 0.29) is 11.8 Å². The second kappa shape index (κ2) is 10.5. The van der Waals surface area contributed by atoms with Gasteiger partial charge in [0.2, 0.25) is 5.95 Å². The second-order valence-corrected chi connectivity index (χ2v) is 13.2. The van der Waals surface area contributed by atoms with E-state index in [4.69, 9.17) is 19.4 Å². The van der Waals surface area contributed by atoms with Crippen LogP contribution in [-0.4, -0.2) is 19.5 Å². The minimum absolute atomic E-state index is 0.120. The van der Waals surface area contributed by atoms with E-state index in [0.717, 1.165) is 49.4 Å². The molecule has 5 heteroatoms. The maximum Gasteiger partial charge on any atom is 0.238 e. The van der Waals surface area contributed by atoms with Gasteiger partial charge in [0, 0.05) is 50.4 Å². The molecule has 0 N–H and O–H groups in total. The Hall–Kier alpha value is -6.59. The lowest BCUT2D eigenvalue weighted by molar-refractivity contribution is 0.654. The molecule has 2 aliphatic carbocycles. The summed E-state index contributed by atoms with van der Waals surface area (Å²) in [4.78, 5) is 15.7. The highest BCUT2D eigenvalue weighted by molar-refractivity contribution is 6.21. The fraction of sp³-hybridized carbons (Fsp3) is 0.0444. The summed E-state index contributed by atoms with van der Waals surface area (Å²) in [5.74, 6) is 2.23. The first kappa shape index (κ1) is 27.4. The van der Waals surface area contributed by atoms with E-state index in [0.29, 0.717) is 17.6 Å². The van der Waals surface area contributed by atoms with Crippen molar-refractivity contribution in [1.82, 2.24) is 19.5 Å². The summed E-state index contributed by atoms with van der Waals surface area (Å²) in [7, 11) is 0. The zero-order chi connectivity index (χ0) is 32.8. The maximum atomic E-state index is 6.39. The number of furan rings is 1. The van der Waals surface area contributed by atoms with Crippen molar-refractivity contribution in [3.05, 3.63) is 163 Å². The summed E-state index contributed by atoms with van der Waals surface area (Å²) >= 11 is 0. The third kappa shape index (κ3) is 3.98. The van der Waals surface area contributed by atoms with E-state index >= 15 is 0 Å². The molecule has 0 spiro atoms. The predicted octanol–water partition coefficient (Wildman–Crippen LogP) is 11.2. The lowest BCUT2D eigenvalue weighted by Gasteiger charge is -2.27. The minimum atomic E-state index is 0.120. The zero-order valence-electron chi connectivity index (χ0n) is 26.9. The first-order chi connectivity index (χ1) is 24.8. The van der Waals surface area contributed by atoms with Crippen molar-refractivity contribution in [3.8, 4) is 28.7 Å². The van der Waals surface area contributed by atoms with Gasteiger partial charge >= 0.3 is 0 Å². The van der Waals surface area contributed by atoms with Crippen LogP contribution in [0.25, 0.3) is 89.2 Å². The van der Waals surface area contributed by atoms with Gasteiger partial charge in [-0.2, -0.15) is 9.97 Å². The Balaban J connectivity index is 1.22. The first-order valence-corrected chi connectivity index (χ1v) is 17.0. The molecule has 3 heterocycles. The smallest absolute Gasteiger partial charge is 0.238 e. The normalized spacial score (nSPS) is 16.6. The number of hydrogen-bond acceptors (Lipinski definition) is 4. The number of fused-ring (bicyclic) bond motifs is 12. The van der Waals surface area contributed by atoms with E-state index in [1.54, 1.807) is 0 Å². The topological polar surface area (TPSA) is 56.7 Å². The van der Waals surface area contributed by atoms with Crippen LogP contribution in [-0.2, 0) is 0 Å². The van der Waals surface area contributed by atoms with Crippen LogP contribution in [0.5, 0.6) is 0 Å². The van der Waals surface area contributed by atoms with Gasteiger partial charge in [-0.15, -0.1) is 0 Å². The van der Waals surface area contributed by atoms with Crippen molar-refractivity contribution in [2.45, 2.75) is 5.92 Å². The Morgan fingerprint density at radius 1 is 0.540 bits per heavy atom. The molecule has 2 atom stereocenters. The van der Waals surface area contributed by atoms with Crippen LogP contribution in [0.3, 0.4) is 0 Å². The number of para-hydroxylation sites is 1. The van der Waals surface area contributed by atoms with Crippen molar-refractivity contribution in [2.75, 3.05) is 0 Å². The third-order valence-corrected chi connectivity index (χ3v) is 10.4. The maximum absolute atomic E-state index is 6.39. The molecule has 0 aliphatic heterocycles. The van der Waals surface area contributed by atoms with E-state index in [9.17, 15) is 0 Å². The summed E-state index contributed by atoms with van der Waals surface area (Å²) in [5, 5.41) is 8.19. The first-order valence-electron chi connectivity index (χ1n) is 17.0. The molecule has 50 heavy (non-hydrogen) atoms. The van der Waals surface area contributed by atoms with Crippen LogP contribution in [0.4, 0.5) is 0 Å². The molecule has 9 aromatic rings. The SMILES string of the molecule is C1=CC2C=Cc3c(n(-c4nc(-c5ccccc5)nc(-c5ccc6c(ccc7ccccc76)c5)n4)c4ccc5oc6ccccc6c5c34)C2C=C1. The monoisotopic (exact) mass is 640 g/mol. The molecule has 0 radical (unpaired) electrons. The van der Waals surface area contributed by atoms with Crippen molar-refractivity contribution < 1.29 is 4.42 Å². The highest BCUT2D eigenvalue weighted by Crippen LogP contribution is 2.47. The molecule has 6 aromatic carbocycles. The molecule has 0 amide bonds. The van der Waals surface area contributed by atoms with Gasteiger partial charge in [-0.05, 0) is 45.8 Å². The largest absolute Gasteiger partial charge is 0.456 e. The summed E-state index contributed by atoms with van der Waals surface area (Å²) < 4.78 is 8.67. The van der Waals surface area contributed by atoms with Crippen molar-refractivity contribution in [2.24, 2.45) is 5.92 Å². The number of nitrogens with zero attached hydrogens (tertiary/aromatic N) is 4. The van der Waals surface area contributed by atoms with E-state index in [1.807, 2.05) is 30.3 Å². The molecule has 0 bridgehead atoms. The number of allylic oxidation sites excluding steroid dienone is 5. The predicted molar refractivity (Wildman–Crippen MR) is 203 cm³/mol. The van der Waals surface area contributed by atoms with Gasteiger partial charge in [-0.3, -0.25) is 4.57 Å². The van der Waals surface area contributed by atoms with Gasteiger partial charge in [-0.25, -0.2) is 4.98 Å². The van der Waals surface area contributed by atoms with Gasteiger partial charge in [0.1, 0.15) is 11.2 Å². The Kier molecular flexibility index (Phi) is 5.72. The average molecular weight is 641 g/mol. The summed E-state index contributed by atoms with van der Waals surface area (Å²) in [6.45, 7) is 0. The van der Waals surface area contributed by atoms with Crippen molar-refractivity contribution >= 4 is 60.5 Å². The molecular formula is C45H28N4O. The Bertz CT molecular complexity index is 2940. The average Bonchev–Trinajstić information content (AvgIpc) is 3.74. The lowest BCUT2D eigenvalue weighted by atomic mass is 9.80. The molecule has 2 aliphatic rings. The van der Waals surface area contributed by atoms with Gasteiger partial charge in [-0.1, -0.05) is 134 Å². The molecule has 2 unspecified atom stereocenters. The molecule has 5 nitrogen and oxygen atoms in total. The number of aromatic nitrogens is 4. The van der Waals surface area contributed by atoms with Crippen LogP contribution in [0.1, 0.15) is 17.2 Å². The van der Waals surface area contributed by atoms with Crippen LogP contribution in [0.2, 0.25) is 0 Å². The fourth-order valence-corrected chi connectivity index (χ4v) is 8.11. The highest BCUT2D eigenvalue weighted by atomic mass is 16.3. The van der Waals surface area contributed by atoms with Gasteiger partial charge < -0.3 is 4.42 Å². The Morgan fingerprint density at radius 2 is 1.30 bits per heavy atom. The summed E-state index contributed by atoms with van der Waals surface area (Å²) in [6.07, 6.45) is 13.5. The van der Waals surface area contributed by atoms with Crippen LogP contribution < -0.4 is 0 Å². The molecular weight excluding hydrogens is 613 g/mol. The third-order valence-electron chi connectivity index (χ3n) is 10.4. The van der Waals surface area contributed by atoms with E-state index in [1.165, 1.54) is 27.4 Å². The zero-order valence-corrected chi connectivity index (χ0v) is 26.9. The van der Waals surface area contributed by atoms with Crippen molar-refractivity contribution in [1.29, 1.82) is 0 Å². The number of benzene rings is 6. The number of rotatable bonds is 3. The molecule has 0 saturated heterocycles. The highest BCUT2D eigenvalue weighted by Gasteiger charge is 2.33. The lowest BCUT2D eigenvalue weighted by Crippen LogP contribution is -2.18. The van der Waals surface area contributed by atoms with E-state index in [2.05, 4.69) is 132 Å². The van der Waals surface area contributed by atoms with Crippen LogP contribution in [0.15, 0.2) is 156 Å². The molecule has 234 valence electrons. The van der Waals surface area contributed by atoms with Crippen LogP contribution >= 0.6 is 0 Å². The molecule has 0 fully saturated rings. The Labute approximate surface area is 287 Å². The van der Waals surface area contributed by atoms with Gasteiger partial charge in [0.05, 0.1) is 5.52 Å². The molecule has 3 aromatic heterocycles. The van der Waals surface area contributed by atoms with Crippen LogP contribution in [0, 0.1) is 5.92 Å². The summed E-state index contributed by atoms with van der Waals surface area (Å²) in [5.41, 5.74) is 7.04.